The summed E-state index contributed by atoms with van der Waals surface area (Å²) in [5.74, 6) is 1.15. The third kappa shape index (κ3) is 2.41. The summed E-state index contributed by atoms with van der Waals surface area (Å²) in [6.45, 7) is 2.16. The molecule has 1 aliphatic carbocycles. The van der Waals surface area contributed by atoms with Crippen molar-refractivity contribution in [1.29, 1.82) is 0 Å². The third-order valence-corrected chi connectivity index (χ3v) is 3.84. The highest BCUT2D eigenvalue weighted by molar-refractivity contribution is 6.05. The molecule has 1 aromatic carbocycles. The van der Waals surface area contributed by atoms with E-state index in [1.807, 2.05) is 18.2 Å². The standard InChI is InChI=1S/C15H21NO2/c1-11-6-5-9-15(16,10-11)14(17)12-7-3-4-8-13(12)18-2/h3-4,7-8,11H,5-6,9-10,16H2,1-2H3. The fourth-order valence-electron chi connectivity index (χ4n) is 2.90. The van der Waals surface area contributed by atoms with Crippen molar-refractivity contribution in [2.45, 2.75) is 38.1 Å². The molecule has 3 nitrogen and oxygen atoms in total. The summed E-state index contributed by atoms with van der Waals surface area (Å²) in [6, 6.07) is 7.32. The lowest BCUT2D eigenvalue weighted by Gasteiger charge is -2.35. The van der Waals surface area contributed by atoms with E-state index >= 15 is 0 Å². The van der Waals surface area contributed by atoms with E-state index in [4.69, 9.17) is 10.5 Å². The minimum absolute atomic E-state index is 0.0199. The quantitative estimate of drug-likeness (QED) is 0.836. The van der Waals surface area contributed by atoms with Gasteiger partial charge >= 0.3 is 0 Å². The maximum atomic E-state index is 12.6. The van der Waals surface area contributed by atoms with Crippen LogP contribution in [0.5, 0.6) is 5.75 Å². The van der Waals surface area contributed by atoms with E-state index in [9.17, 15) is 4.79 Å². The molecule has 2 atom stereocenters. The van der Waals surface area contributed by atoms with Gasteiger partial charge in [0.1, 0.15) is 5.75 Å². The van der Waals surface area contributed by atoms with E-state index in [-0.39, 0.29) is 5.78 Å². The Labute approximate surface area is 108 Å². The van der Waals surface area contributed by atoms with Gasteiger partial charge in [0.15, 0.2) is 5.78 Å². The Morgan fingerprint density at radius 3 is 2.83 bits per heavy atom. The van der Waals surface area contributed by atoms with Crippen LogP contribution in [0.15, 0.2) is 24.3 Å². The van der Waals surface area contributed by atoms with Crippen LogP contribution in [0.3, 0.4) is 0 Å². The first-order valence-corrected chi connectivity index (χ1v) is 6.53. The molecular weight excluding hydrogens is 226 g/mol. The molecule has 2 unspecified atom stereocenters. The molecule has 0 spiro atoms. The van der Waals surface area contributed by atoms with Crippen molar-refractivity contribution < 1.29 is 9.53 Å². The van der Waals surface area contributed by atoms with Gasteiger partial charge in [-0.2, -0.15) is 0 Å². The SMILES string of the molecule is COc1ccccc1C(=O)C1(N)CCCC(C)C1. The van der Waals surface area contributed by atoms with Crippen LogP contribution >= 0.6 is 0 Å². The lowest BCUT2D eigenvalue weighted by atomic mass is 9.73. The van der Waals surface area contributed by atoms with Crippen molar-refractivity contribution in [1.82, 2.24) is 0 Å². The molecule has 0 aliphatic heterocycles. The van der Waals surface area contributed by atoms with Crippen LogP contribution in [-0.2, 0) is 0 Å². The number of Topliss-reactive ketones (excluding diaryl/α,β-unsaturated/α-hetero) is 1. The second-order valence-electron chi connectivity index (χ2n) is 5.39. The molecule has 18 heavy (non-hydrogen) atoms. The molecule has 1 aliphatic rings. The van der Waals surface area contributed by atoms with Gasteiger partial charge in [-0.25, -0.2) is 0 Å². The smallest absolute Gasteiger partial charge is 0.186 e. The van der Waals surface area contributed by atoms with E-state index in [1.165, 1.54) is 0 Å². The number of nitrogens with two attached hydrogens (primary N) is 1. The fraction of sp³-hybridized carbons (Fsp3) is 0.533. The summed E-state index contributed by atoms with van der Waals surface area (Å²) in [5, 5.41) is 0. The number of methoxy groups -OCH3 is 1. The maximum absolute atomic E-state index is 12.6. The highest BCUT2D eigenvalue weighted by atomic mass is 16.5. The van der Waals surface area contributed by atoms with Gasteiger partial charge in [-0.3, -0.25) is 4.79 Å². The van der Waals surface area contributed by atoms with Crippen LogP contribution < -0.4 is 10.5 Å². The van der Waals surface area contributed by atoms with Crippen molar-refractivity contribution >= 4 is 5.78 Å². The Morgan fingerprint density at radius 1 is 1.44 bits per heavy atom. The van der Waals surface area contributed by atoms with Crippen molar-refractivity contribution in [3.8, 4) is 5.75 Å². The molecule has 0 aromatic heterocycles. The van der Waals surface area contributed by atoms with Gasteiger partial charge in [0, 0.05) is 0 Å². The van der Waals surface area contributed by atoms with Crippen LogP contribution in [0, 0.1) is 5.92 Å². The van der Waals surface area contributed by atoms with Crippen LogP contribution in [0.25, 0.3) is 0 Å². The number of benzene rings is 1. The van der Waals surface area contributed by atoms with E-state index in [1.54, 1.807) is 13.2 Å². The second-order valence-corrected chi connectivity index (χ2v) is 5.39. The molecule has 2 N–H and O–H groups in total. The van der Waals surface area contributed by atoms with Crippen LogP contribution in [-0.4, -0.2) is 18.4 Å². The van der Waals surface area contributed by atoms with E-state index in [0.29, 0.717) is 17.2 Å². The van der Waals surface area contributed by atoms with Gasteiger partial charge in [-0.15, -0.1) is 0 Å². The molecule has 98 valence electrons. The molecule has 0 saturated heterocycles. The van der Waals surface area contributed by atoms with Crippen molar-refractivity contribution in [2.75, 3.05) is 7.11 Å². The van der Waals surface area contributed by atoms with Crippen molar-refractivity contribution in [3.05, 3.63) is 29.8 Å². The summed E-state index contributed by atoms with van der Waals surface area (Å²) in [6.07, 6.45) is 3.73. The highest BCUT2D eigenvalue weighted by Crippen LogP contribution is 2.34. The summed E-state index contributed by atoms with van der Waals surface area (Å²) in [7, 11) is 1.58. The molecular formula is C15H21NO2. The number of carbonyl (C=O) groups is 1. The normalized spacial score (nSPS) is 27.8. The number of carbonyl (C=O) groups excluding carboxylic acids is 1. The topological polar surface area (TPSA) is 52.3 Å². The average molecular weight is 247 g/mol. The molecule has 1 fully saturated rings. The number of ether oxygens (including phenoxy) is 1. The summed E-state index contributed by atoms with van der Waals surface area (Å²) in [4.78, 5) is 12.6. The first kappa shape index (κ1) is 13.1. The number of hydrogen-bond acceptors (Lipinski definition) is 3. The minimum atomic E-state index is -0.716. The second kappa shape index (κ2) is 5.11. The molecule has 0 radical (unpaired) electrons. The van der Waals surface area contributed by atoms with Gasteiger partial charge in [-0.05, 0) is 30.9 Å². The number of rotatable bonds is 3. The Kier molecular flexibility index (Phi) is 3.71. The minimum Gasteiger partial charge on any atom is -0.496 e. The predicted molar refractivity (Wildman–Crippen MR) is 71.9 cm³/mol. The number of para-hydroxylation sites is 1. The summed E-state index contributed by atoms with van der Waals surface area (Å²) < 4.78 is 5.25. The molecule has 3 heteroatoms. The highest BCUT2D eigenvalue weighted by Gasteiger charge is 2.39. The Balaban J connectivity index is 2.30. The predicted octanol–water partition coefficient (Wildman–Crippen LogP) is 2.79. The maximum Gasteiger partial charge on any atom is 0.186 e. The van der Waals surface area contributed by atoms with Crippen molar-refractivity contribution in [3.63, 3.8) is 0 Å². The van der Waals surface area contributed by atoms with Crippen LogP contribution in [0.2, 0.25) is 0 Å². The zero-order valence-electron chi connectivity index (χ0n) is 11.1. The van der Waals surface area contributed by atoms with Gasteiger partial charge in [-0.1, -0.05) is 31.9 Å². The van der Waals surface area contributed by atoms with Crippen LogP contribution in [0.4, 0.5) is 0 Å². The summed E-state index contributed by atoms with van der Waals surface area (Å²) >= 11 is 0. The third-order valence-electron chi connectivity index (χ3n) is 3.84. The number of ketones is 1. The molecule has 0 heterocycles. The van der Waals surface area contributed by atoms with Crippen LogP contribution in [0.1, 0.15) is 43.0 Å². The average Bonchev–Trinajstić information content (AvgIpc) is 2.37. The first-order valence-electron chi connectivity index (χ1n) is 6.53. The summed E-state index contributed by atoms with van der Waals surface area (Å²) in [5.41, 5.74) is 6.24. The molecule has 0 bridgehead atoms. The number of hydrogen-bond donors (Lipinski definition) is 1. The fourth-order valence-corrected chi connectivity index (χ4v) is 2.90. The van der Waals surface area contributed by atoms with E-state index in [2.05, 4.69) is 6.92 Å². The monoisotopic (exact) mass is 247 g/mol. The molecule has 1 saturated carbocycles. The largest absolute Gasteiger partial charge is 0.496 e. The van der Waals surface area contributed by atoms with Crippen molar-refractivity contribution in [2.24, 2.45) is 11.7 Å². The lowest BCUT2D eigenvalue weighted by molar-refractivity contribution is 0.0816. The first-order chi connectivity index (χ1) is 8.57. The zero-order valence-corrected chi connectivity index (χ0v) is 11.1. The molecule has 2 rings (SSSR count). The van der Waals surface area contributed by atoms with E-state index in [0.717, 1.165) is 25.7 Å². The van der Waals surface area contributed by atoms with Gasteiger partial charge < -0.3 is 10.5 Å². The van der Waals surface area contributed by atoms with Gasteiger partial charge in [0.05, 0.1) is 18.2 Å². The Bertz CT molecular complexity index is 444. The zero-order chi connectivity index (χ0) is 13.2. The lowest BCUT2D eigenvalue weighted by Crippen LogP contribution is -2.51. The molecule has 1 aromatic rings. The molecule has 0 amide bonds. The Hall–Kier alpha value is -1.35. The van der Waals surface area contributed by atoms with Gasteiger partial charge in [0.2, 0.25) is 0 Å². The van der Waals surface area contributed by atoms with E-state index < -0.39 is 5.54 Å². The Morgan fingerprint density at radius 2 is 2.17 bits per heavy atom. The van der Waals surface area contributed by atoms with Gasteiger partial charge in [0.25, 0.3) is 0 Å².